The fourth-order valence-corrected chi connectivity index (χ4v) is 4.53. The van der Waals surface area contributed by atoms with Gasteiger partial charge in [0.2, 0.25) is 5.91 Å². The number of carbonyl (C=O) groups is 2. The van der Waals surface area contributed by atoms with Gasteiger partial charge in [-0.2, -0.15) is 18.4 Å². The number of carbonyl (C=O) groups excluding carboxylic acids is 2. The lowest BCUT2D eigenvalue weighted by atomic mass is 9.67. The van der Waals surface area contributed by atoms with E-state index in [4.69, 9.17) is 10.5 Å². The van der Waals surface area contributed by atoms with Crippen LogP contribution in [0.1, 0.15) is 11.1 Å². The molecule has 3 aliphatic rings. The molecule has 3 heterocycles. The van der Waals surface area contributed by atoms with E-state index in [9.17, 15) is 28.0 Å². The van der Waals surface area contributed by atoms with Crippen molar-refractivity contribution in [3.05, 3.63) is 82.3 Å². The van der Waals surface area contributed by atoms with Crippen molar-refractivity contribution in [1.82, 2.24) is 0 Å². The number of ether oxygens (including phenoxy) is 1. The van der Waals surface area contributed by atoms with Gasteiger partial charge < -0.3 is 15.8 Å². The van der Waals surface area contributed by atoms with Crippen LogP contribution < -0.4 is 16.0 Å². The van der Waals surface area contributed by atoms with Crippen molar-refractivity contribution in [2.24, 2.45) is 5.73 Å². The summed E-state index contributed by atoms with van der Waals surface area (Å²) in [4.78, 5) is 27.3. The first-order valence-corrected chi connectivity index (χ1v) is 9.40. The van der Waals surface area contributed by atoms with Crippen LogP contribution in [0, 0.1) is 11.3 Å². The molecule has 3 N–H and O–H groups in total. The van der Waals surface area contributed by atoms with Crippen LogP contribution in [-0.2, 0) is 25.9 Å². The topological polar surface area (TPSA) is 108 Å². The zero-order chi connectivity index (χ0) is 22.8. The molecule has 1 spiro atoms. The van der Waals surface area contributed by atoms with Gasteiger partial charge in [-0.15, -0.1) is 0 Å². The number of esters is 1. The summed E-state index contributed by atoms with van der Waals surface area (Å²) >= 11 is 0. The van der Waals surface area contributed by atoms with Gasteiger partial charge in [-0.3, -0.25) is 9.69 Å². The van der Waals surface area contributed by atoms with Crippen LogP contribution in [0.3, 0.4) is 0 Å². The number of para-hydroxylation sites is 1. The third-order valence-electron chi connectivity index (χ3n) is 5.81. The SMILES string of the molecule is N#CC1=C(N)N(c2cccc(C(F)(F)F)c2)C2=C(C(=O)OC2)[C@@]12C(=O)Nc1ccccc12. The van der Waals surface area contributed by atoms with Gasteiger partial charge in [0.05, 0.1) is 22.4 Å². The van der Waals surface area contributed by atoms with E-state index in [1.165, 1.54) is 17.0 Å². The molecule has 0 saturated carbocycles. The number of hydrogen-bond acceptors (Lipinski definition) is 6. The average Bonchev–Trinajstić information content (AvgIpc) is 3.26. The molecule has 160 valence electrons. The molecule has 1 atom stereocenters. The number of anilines is 2. The maximum atomic E-state index is 13.3. The van der Waals surface area contributed by atoms with Gasteiger partial charge in [0.1, 0.15) is 23.9 Å². The van der Waals surface area contributed by atoms with Crippen LogP contribution >= 0.6 is 0 Å². The fraction of sp³-hybridized carbons (Fsp3) is 0.136. The Hall–Kier alpha value is -4.26. The Kier molecular flexibility index (Phi) is 3.92. The second-order valence-electron chi connectivity index (χ2n) is 7.40. The Morgan fingerprint density at radius 2 is 1.91 bits per heavy atom. The van der Waals surface area contributed by atoms with Gasteiger partial charge in [-0.1, -0.05) is 24.3 Å². The van der Waals surface area contributed by atoms with Gasteiger partial charge in [0.15, 0.2) is 0 Å². The lowest BCUT2D eigenvalue weighted by Gasteiger charge is -2.38. The van der Waals surface area contributed by atoms with E-state index in [-0.39, 0.29) is 35.0 Å². The second-order valence-corrected chi connectivity index (χ2v) is 7.40. The maximum Gasteiger partial charge on any atom is 0.416 e. The Bertz CT molecular complexity index is 1320. The van der Waals surface area contributed by atoms with Crippen LogP contribution in [0.4, 0.5) is 24.5 Å². The predicted octanol–water partition coefficient (Wildman–Crippen LogP) is 2.92. The number of halogens is 3. The lowest BCUT2D eigenvalue weighted by molar-refractivity contribution is -0.138. The molecule has 10 heteroatoms. The number of fused-ring (bicyclic) bond motifs is 3. The van der Waals surface area contributed by atoms with Crippen molar-refractivity contribution >= 4 is 23.3 Å². The van der Waals surface area contributed by atoms with Crippen molar-refractivity contribution in [3.8, 4) is 6.07 Å². The smallest absolute Gasteiger partial charge is 0.416 e. The van der Waals surface area contributed by atoms with Crippen molar-refractivity contribution in [1.29, 1.82) is 5.26 Å². The highest BCUT2D eigenvalue weighted by Gasteiger charge is 2.62. The minimum atomic E-state index is -4.62. The van der Waals surface area contributed by atoms with E-state index in [0.717, 1.165) is 12.1 Å². The summed E-state index contributed by atoms with van der Waals surface area (Å²) in [5.74, 6) is -1.76. The first-order valence-electron chi connectivity index (χ1n) is 9.40. The fourth-order valence-electron chi connectivity index (χ4n) is 4.53. The number of nitriles is 1. The van der Waals surface area contributed by atoms with E-state index in [0.29, 0.717) is 11.3 Å². The molecule has 0 saturated heterocycles. The minimum Gasteiger partial charge on any atom is -0.456 e. The molecule has 7 nitrogen and oxygen atoms in total. The summed E-state index contributed by atoms with van der Waals surface area (Å²) in [7, 11) is 0. The van der Waals surface area contributed by atoms with Crippen LogP contribution in [0.15, 0.2) is 71.2 Å². The van der Waals surface area contributed by atoms with Gasteiger partial charge in [-0.25, -0.2) is 4.79 Å². The number of rotatable bonds is 1. The molecule has 1 amide bonds. The number of amides is 1. The van der Waals surface area contributed by atoms with Crippen LogP contribution in [0.2, 0.25) is 0 Å². The summed E-state index contributed by atoms with van der Waals surface area (Å²) in [6.45, 7) is -0.318. The summed E-state index contributed by atoms with van der Waals surface area (Å²) in [6.07, 6.45) is -4.62. The number of hydrogen-bond donors (Lipinski definition) is 2. The van der Waals surface area contributed by atoms with Crippen LogP contribution in [0.5, 0.6) is 0 Å². The van der Waals surface area contributed by atoms with Crippen molar-refractivity contribution in [2.45, 2.75) is 11.6 Å². The first kappa shape index (κ1) is 19.7. The Morgan fingerprint density at radius 3 is 2.62 bits per heavy atom. The quantitative estimate of drug-likeness (QED) is 0.663. The number of nitrogens with zero attached hydrogens (tertiary/aromatic N) is 2. The zero-order valence-electron chi connectivity index (χ0n) is 16.2. The van der Waals surface area contributed by atoms with E-state index < -0.39 is 29.0 Å². The monoisotopic (exact) mass is 438 g/mol. The molecular weight excluding hydrogens is 425 g/mol. The number of nitrogens with two attached hydrogens (primary N) is 1. The third kappa shape index (κ3) is 2.36. The summed E-state index contributed by atoms with van der Waals surface area (Å²) < 4.78 is 45.1. The molecule has 32 heavy (non-hydrogen) atoms. The Labute approximate surface area is 179 Å². The van der Waals surface area contributed by atoms with Crippen molar-refractivity contribution < 1.29 is 27.5 Å². The number of benzene rings is 2. The summed E-state index contributed by atoms with van der Waals surface area (Å²) in [5, 5.41) is 12.7. The van der Waals surface area contributed by atoms with Gasteiger partial charge in [0.25, 0.3) is 0 Å². The van der Waals surface area contributed by atoms with Gasteiger partial charge in [-0.05, 0) is 24.3 Å². The van der Waals surface area contributed by atoms with Gasteiger partial charge >= 0.3 is 12.1 Å². The highest BCUT2D eigenvalue weighted by atomic mass is 19.4. The molecule has 3 aliphatic heterocycles. The predicted molar refractivity (Wildman–Crippen MR) is 105 cm³/mol. The molecule has 2 aromatic rings. The normalized spacial score (nSPS) is 22.0. The minimum absolute atomic E-state index is 0.0163. The largest absolute Gasteiger partial charge is 0.456 e. The van der Waals surface area contributed by atoms with Crippen molar-refractivity contribution in [2.75, 3.05) is 16.8 Å². The highest BCUT2D eigenvalue weighted by Crippen LogP contribution is 2.54. The molecule has 0 aliphatic carbocycles. The summed E-state index contributed by atoms with van der Waals surface area (Å²) in [6, 6.07) is 12.8. The molecule has 0 radical (unpaired) electrons. The molecule has 5 rings (SSSR count). The van der Waals surface area contributed by atoms with E-state index in [1.54, 1.807) is 24.3 Å². The first-order chi connectivity index (χ1) is 15.2. The zero-order valence-corrected chi connectivity index (χ0v) is 16.2. The number of cyclic esters (lactones) is 1. The molecule has 0 fully saturated rings. The second kappa shape index (κ2) is 6.37. The molecule has 0 bridgehead atoms. The Balaban J connectivity index is 1.82. The summed E-state index contributed by atoms with van der Waals surface area (Å²) in [5.41, 5.74) is 3.97. The maximum absolute atomic E-state index is 13.3. The molecular formula is C22H13F3N4O3. The third-order valence-corrected chi connectivity index (χ3v) is 5.81. The average molecular weight is 438 g/mol. The number of nitrogens with one attached hydrogen (secondary N) is 1. The molecule has 0 aromatic heterocycles. The standard InChI is InChI=1S/C22H13F3N4O3/c23-22(24,25)11-4-3-5-12(8-11)29-16-10-32-19(30)17(16)21(14(9-26)18(29)27)13-6-1-2-7-15(13)28-20(21)31/h1-8H,10,27H2,(H,28,31)/t21-/m0/s1. The number of alkyl halides is 3. The van der Waals surface area contributed by atoms with E-state index in [1.807, 2.05) is 6.07 Å². The molecule has 0 unspecified atom stereocenters. The van der Waals surface area contributed by atoms with Crippen LogP contribution in [0.25, 0.3) is 0 Å². The Morgan fingerprint density at radius 1 is 1.16 bits per heavy atom. The van der Waals surface area contributed by atoms with Crippen molar-refractivity contribution in [3.63, 3.8) is 0 Å². The lowest BCUT2D eigenvalue weighted by Crippen LogP contribution is -2.48. The van der Waals surface area contributed by atoms with Crippen LogP contribution in [-0.4, -0.2) is 18.5 Å². The van der Waals surface area contributed by atoms with Gasteiger partial charge in [0, 0.05) is 16.9 Å². The van der Waals surface area contributed by atoms with E-state index >= 15 is 0 Å². The highest BCUT2D eigenvalue weighted by molar-refractivity contribution is 6.18. The van der Waals surface area contributed by atoms with E-state index in [2.05, 4.69) is 5.32 Å². The molecule has 2 aromatic carbocycles.